The van der Waals surface area contributed by atoms with Crippen molar-refractivity contribution in [3.63, 3.8) is 0 Å². The lowest BCUT2D eigenvalue weighted by Gasteiger charge is -2.17. The molecule has 1 atom stereocenters. The lowest BCUT2D eigenvalue weighted by Crippen LogP contribution is -2.22. The van der Waals surface area contributed by atoms with Crippen LogP contribution in [0.3, 0.4) is 0 Å². The Labute approximate surface area is 114 Å². The van der Waals surface area contributed by atoms with Crippen molar-refractivity contribution in [2.45, 2.75) is 26.3 Å². The van der Waals surface area contributed by atoms with E-state index in [1.807, 2.05) is 18.2 Å². The maximum atomic E-state index is 5.52. The van der Waals surface area contributed by atoms with Crippen LogP contribution in [-0.2, 0) is 6.42 Å². The molecule has 2 aromatic rings. The molecule has 3 nitrogen and oxygen atoms in total. The first-order chi connectivity index (χ1) is 9.24. The van der Waals surface area contributed by atoms with E-state index in [2.05, 4.69) is 31.3 Å². The van der Waals surface area contributed by atoms with Crippen molar-refractivity contribution >= 4 is 0 Å². The molecule has 0 aliphatic rings. The Hall–Kier alpha value is -1.74. The summed E-state index contributed by atoms with van der Waals surface area (Å²) in [6.45, 7) is 5.10. The average Bonchev–Trinajstić information content (AvgIpc) is 2.92. The highest BCUT2D eigenvalue weighted by Gasteiger charge is 2.16. The molecule has 0 bridgehead atoms. The van der Waals surface area contributed by atoms with Gasteiger partial charge in [0.05, 0.1) is 19.4 Å². The molecule has 19 heavy (non-hydrogen) atoms. The third-order valence-electron chi connectivity index (χ3n) is 3.20. The van der Waals surface area contributed by atoms with Crippen molar-refractivity contribution in [3.8, 4) is 5.75 Å². The summed E-state index contributed by atoms with van der Waals surface area (Å²) in [6, 6.07) is 10.4. The van der Waals surface area contributed by atoms with Crippen molar-refractivity contribution < 1.29 is 9.15 Å². The minimum Gasteiger partial charge on any atom is -0.496 e. The van der Waals surface area contributed by atoms with E-state index in [9.17, 15) is 0 Å². The molecule has 0 saturated heterocycles. The summed E-state index contributed by atoms with van der Waals surface area (Å²) in [5.74, 6) is 1.89. The molecule has 1 unspecified atom stereocenters. The monoisotopic (exact) mass is 259 g/mol. The number of benzene rings is 1. The molecule has 0 aliphatic heterocycles. The van der Waals surface area contributed by atoms with Gasteiger partial charge in [0.2, 0.25) is 0 Å². The molecular weight excluding hydrogens is 238 g/mol. The van der Waals surface area contributed by atoms with Gasteiger partial charge in [-0.2, -0.15) is 0 Å². The van der Waals surface area contributed by atoms with Crippen LogP contribution in [0, 0.1) is 6.92 Å². The normalized spacial score (nSPS) is 12.4. The van der Waals surface area contributed by atoms with Gasteiger partial charge >= 0.3 is 0 Å². The number of nitrogens with one attached hydrogen (secondary N) is 1. The van der Waals surface area contributed by atoms with Crippen LogP contribution in [0.5, 0.6) is 5.75 Å². The zero-order valence-electron chi connectivity index (χ0n) is 11.8. The third-order valence-corrected chi connectivity index (χ3v) is 3.20. The van der Waals surface area contributed by atoms with Gasteiger partial charge in [0, 0.05) is 0 Å². The Bertz CT molecular complexity index is 505. The van der Waals surface area contributed by atoms with Crippen molar-refractivity contribution in [1.29, 1.82) is 0 Å². The van der Waals surface area contributed by atoms with Crippen molar-refractivity contribution in [2.24, 2.45) is 0 Å². The second-order valence-corrected chi connectivity index (χ2v) is 4.65. The molecule has 1 aromatic carbocycles. The smallest absolute Gasteiger partial charge is 0.122 e. The number of methoxy groups -OCH3 is 1. The zero-order chi connectivity index (χ0) is 13.7. The first-order valence-electron chi connectivity index (χ1n) is 6.65. The number of ether oxygens (including phenoxy) is 1. The fraction of sp³-hybridized carbons (Fsp3) is 0.375. The molecule has 0 saturated carbocycles. The predicted molar refractivity (Wildman–Crippen MR) is 76.6 cm³/mol. The third kappa shape index (κ3) is 3.38. The number of hydrogen-bond acceptors (Lipinski definition) is 3. The molecular formula is C16H21NO2. The topological polar surface area (TPSA) is 34.4 Å². The Balaban J connectivity index is 2.24. The highest BCUT2D eigenvalue weighted by atomic mass is 16.5. The van der Waals surface area contributed by atoms with Gasteiger partial charge in [0.25, 0.3) is 0 Å². The van der Waals surface area contributed by atoms with Gasteiger partial charge in [-0.25, -0.2) is 0 Å². The van der Waals surface area contributed by atoms with Gasteiger partial charge < -0.3 is 14.5 Å². The van der Waals surface area contributed by atoms with Crippen LogP contribution in [-0.4, -0.2) is 13.7 Å². The van der Waals surface area contributed by atoms with Gasteiger partial charge in [-0.3, -0.25) is 0 Å². The maximum Gasteiger partial charge on any atom is 0.122 e. The molecule has 1 aromatic heterocycles. The fourth-order valence-corrected chi connectivity index (χ4v) is 2.30. The van der Waals surface area contributed by atoms with E-state index in [1.165, 1.54) is 11.1 Å². The average molecular weight is 259 g/mol. The molecule has 0 aliphatic carbocycles. The first kappa shape index (κ1) is 13.7. The fourth-order valence-electron chi connectivity index (χ4n) is 2.30. The minimum absolute atomic E-state index is 0.177. The Morgan fingerprint density at radius 3 is 2.79 bits per heavy atom. The van der Waals surface area contributed by atoms with Crippen LogP contribution in [0.25, 0.3) is 0 Å². The van der Waals surface area contributed by atoms with Gasteiger partial charge in [-0.1, -0.05) is 24.6 Å². The molecule has 1 heterocycles. The first-order valence-corrected chi connectivity index (χ1v) is 6.65. The lowest BCUT2D eigenvalue weighted by atomic mass is 10.0. The second kappa shape index (κ2) is 6.43. The maximum absolute atomic E-state index is 5.52. The van der Waals surface area contributed by atoms with E-state index < -0.39 is 0 Å². The lowest BCUT2D eigenvalue weighted by molar-refractivity contribution is 0.392. The van der Waals surface area contributed by atoms with Gasteiger partial charge in [-0.15, -0.1) is 0 Å². The van der Waals surface area contributed by atoms with Crippen LogP contribution < -0.4 is 10.1 Å². The summed E-state index contributed by atoms with van der Waals surface area (Å²) < 4.78 is 11.0. The van der Waals surface area contributed by atoms with E-state index in [0.29, 0.717) is 0 Å². The van der Waals surface area contributed by atoms with E-state index in [4.69, 9.17) is 9.15 Å². The highest BCUT2D eigenvalue weighted by molar-refractivity contribution is 5.37. The largest absolute Gasteiger partial charge is 0.496 e. The number of furan rings is 1. The van der Waals surface area contributed by atoms with Crippen LogP contribution in [0.1, 0.15) is 29.9 Å². The van der Waals surface area contributed by atoms with E-state index in [0.717, 1.165) is 24.5 Å². The zero-order valence-corrected chi connectivity index (χ0v) is 11.8. The van der Waals surface area contributed by atoms with E-state index >= 15 is 0 Å². The van der Waals surface area contributed by atoms with Gasteiger partial charge in [-0.05, 0) is 43.7 Å². The van der Waals surface area contributed by atoms with Crippen molar-refractivity contribution in [1.82, 2.24) is 5.32 Å². The summed E-state index contributed by atoms with van der Waals surface area (Å²) in [6.07, 6.45) is 2.57. The molecule has 1 N–H and O–H groups in total. The SMILES string of the molecule is CCNC(Cc1cc(C)ccc1OC)c1ccco1. The highest BCUT2D eigenvalue weighted by Crippen LogP contribution is 2.26. The van der Waals surface area contributed by atoms with Crippen LogP contribution in [0.4, 0.5) is 0 Å². The second-order valence-electron chi connectivity index (χ2n) is 4.65. The van der Waals surface area contributed by atoms with E-state index in [1.54, 1.807) is 13.4 Å². The quantitative estimate of drug-likeness (QED) is 0.862. The summed E-state index contributed by atoms with van der Waals surface area (Å²) >= 11 is 0. The molecule has 0 fully saturated rings. The van der Waals surface area contributed by atoms with Crippen LogP contribution >= 0.6 is 0 Å². The number of rotatable bonds is 6. The Morgan fingerprint density at radius 1 is 1.32 bits per heavy atom. The molecule has 3 heteroatoms. The summed E-state index contributed by atoms with van der Waals surface area (Å²) in [5, 5.41) is 3.45. The molecule has 0 radical (unpaired) electrons. The van der Waals surface area contributed by atoms with E-state index in [-0.39, 0.29) is 6.04 Å². The van der Waals surface area contributed by atoms with Gasteiger partial charge in [0.1, 0.15) is 11.5 Å². The number of hydrogen-bond donors (Lipinski definition) is 1. The Kier molecular flexibility index (Phi) is 4.63. The molecule has 0 amide bonds. The molecule has 0 spiro atoms. The summed E-state index contributed by atoms with van der Waals surface area (Å²) in [4.78, 5) is 0. The predicted octanol–water partition coefficient (Wildman–Crippen LogP) is 3.49. The van der Waals surface area contributed by atoms with Crippen LogP contribution in [0.15, 0.2) is 41.0 Å². The summed E-state index contributed by atoms with van der Waals surface area (Å²) in [7, 11) is 1.71. The number of aryl methyl sites for hydroxylation is 1. The molecule has 2 rings (SSSR count). The van der Waals surface area contributed by atoms with Gasteiger partial charge in [0.15, 0.2) is 0 Å². The Morgan fingerprint density at radius 2 is 2.16 bits per heavy atom. The number of likely N-dealkylation sites (N-methyl/N-ethyl adjacent to an activating group) is 1. The molecule has 102 valence electrons. The standard InChI is InChI=1S/C16H21NO2/c1-4-17-14(16-6-5-9-19-16)11-13-10-12(2)7-8-15(13)18-3/h5-10,14,17H,4,11H2,1-3H3. The minimum atomic E-state index is 0.177. The summed E-state index contributed by atoms with van der Waals surface area (Å²) in [5.41, 5.74) is 2.44. The van der Waals surface area contributed by atoms with Crippen LogP contribution in [0.2, 0.25) is 0 Å². The van der Waals surface area contributed by atoms with Crippen molar-refractivity contribution in [3.05, 3.63) is 53.5 Å². The van der Waals surface area contributed by atoms with Crippen molar-refractivity contribution in [2.75, 3.05) is 13.7 Å².